The minimum atomic E-state index is -0.437. The molecule has 1 aromatic carbocycles. The number of aromatic nitrogens is 3. The summed E-state index contributed by atoms with van der Waals surface area (Å²) in [6.07, 6.45) is 0. The molecule has 2 heterocycles. The van der Waals surface area contributed by atoms with Gasteiger partial charge in [0, 0.05) is 17.2 Å². The fourth-order valence-corrected chi connectivity index (χ4v) is 3.13. The lowest BCUT2D eigenvalue weighted by molar-refractivity contribution is -0.385. The third-order valence-electron chi connectivity index (χ3n) is 4.23. The standard InChI is InChI=1S/C17H14Cl2N4O3/c1-7-5-11(6-12(8(7)2)23(24)25)17-21-16(22-26-17)13-9(3)14(18)10(4)20-15(13)19/h5-6H,1-4H3. The first-order valence-electron chi connectivity index (χ1n) is 7.63. The van der Waals surface area contributed by atoms with Gasteiger partial charge in [0.1, 0.15) is 5.15 Å². The summed E-state index contributed by atoms with van der Waals surface area (Å²) in [5.41, 5.74) is 3.55. The number of nitro groups is 1. The zero-order chi connectivity index (χ0) is 19.2. The van der Waals surface area contributed by atoms with Gasteiger partial charge in [0.05, 0.1) is 21.2 Å². The minimum absolute atomic E-state index is 0.00555. The summed E-state index contributed by atoms with van der Waals surface area (Å²) in [5, 5.41) is 15.9. The second-order valence-electron chi connectivity index (χ2n) is 5.92. The van der Waals surface area contributed by atoms with Crippen molar-refractivity contribution in [2.24, 2.45) is 0 Å². The van der Waals surface area contributed by atoms with E-state index in [0.29, 0.717) is 33.0 Å². The van der Waals surface area contributed by atoms with Gasteiger partial charge >= 0.3 is 0 Å². The van der Waals surface area contributed by atoms with Crippen molar-refractivity contribution in [2.45, 2.75) is 27.7 Å². The lowest BCUT2D eigenvalue weighted by Gasteiger charge is -2.07. The maximum absolute atomic E-state index is 11.2. The molecular weight excluding hydrogens is 379 g/mol. The van der Waals surface area contributed by atoms with Crippen LogP contribution in [0, 0.1) is 37.8 Å². The zero-order valence-corrected chi connectivity index (χ0v) is 15.9. The van der Waals surface area contributed by atoms with Crippen LogP contribution in [-0.2, 0) is 0 Å². The van der Waals surface area contributed by atoms with Crippen molar-refractivity contribution in [1.82, 2.24) is 15.1 Å². The van der Waals surface area contributed by atoms with E-state index in [1.165, 1.54) is 6.07 Å². The van der Waals surface area contributed by atoms with Crippen molar-refractivity contribution in [3.63, 3.8) is 0 Å². The molecule has 0 saturated heterocycles. The topological polar surface area (TPSA) is 95.0 Å². The Hall–Kier alpha value is -2.51. The van der Waals surface area contributed by atoms with Crippen molar-refractivity contribution in [1.29, 1.82) is 0 Å². The fraction of sp³-hybridized carbons (Fsp3) is 0.235. The first kappa shape index (κ1) is 18.3. The Morgan fingerprint density at radius 1 is 1.08 bits per heavy atom. The minimum Gasteiger partial charge on any atom is -0.334 e. The largest absolute Gasteiger partial charge is 0.334 e. The molecule has 0 aliphatic carbocycles. The average Bonchev–Trinajstić information content (AvgIpc) is 3.04. The molecule has 0 aliphatic rings. The number of benzene rings is 1. The summed E-state index contributed by atoms with van der Waals surface area (Å²) >= 11 is 12.5. The smallest absolute Gasteiger partial charge is 0.273 e. The summed E-state index contributed by atoms with van der Waals surface area (Å²) < 4.78 is 5.30. The maximum Gasteiger partial charge on any atom is 0.273 e. The second-order valence-corrected chi connectivity index (χ2v) is 6.66. The molecule has 0 radical (unpaired) electrons. The Morgan fingerprint density at radius 2 is 1.77 bits per heavy atom. The number of hydrogen-bond donors (Lipinski definition) is 0. The molecule has 0 N–H and O–H groups in total. The van der Waals surface area contributed by atoms with Crippen LogP contribution in [0.3, 0.4) is 0 Å². The van der Waals surface area contributed by atoms with E-state index in [1.807, 2.05) is 0 Å². The van der Waals surface area contributed by atoms with Gasteiger partial charge in [0.2, 0.25) is 5.82 Å². The van der Waals surface area contributed by atoms with Crippen molar-refractivity contribution in [3.05, 3.63) is 54.8 Å². The maximum atomic E-state index is 11.2. The molecule has 0 atom stereocenters. The highest BCUT2D eigenvalue weighted by molar-refractivity contribution is 6.35. The Balaban J connectivity index is 2.13. The lowest BCUT2D eigenvalue weighted by Crippen LogP contribution is -1.96. The van der Waals surface area contributed by atoms with Crippen LogP contribution in [0.25, 0.3) is 22.8 Å². The van der Waals surface area contributed by atoms with Crippen LogP contribution in [0.2, 0.25) is 10.2 Å². The predicted octanol–water partition coefficient (Wildman–Crippen LogP) is 5.25. The quantitative estimate of drug-likeness (QED) is 0.343. The molecule has 134 valence electrons. The molecule has 26 heavy (non-hydrogen) atoms. The third kappa shape index (κ3) is 3.04. The van der Waals surface area contributed by atoms with E-state index in [0.717, 1.165) is 5.56 Å². The number of hydrogen-bond acceptors (Lipinski definition) is 6. The normalized spacial score (nSPS) is 11.0. The molecular formula is C17H14Cl2N4O3. The van der Waals surface area contributed by atoms with Gasteiger partial charge in [0.15, 0.2) is 0 Å². The fourth-order valence-electron chi connectivity index (χ4n) is 2.64. The Bertz CT molecular complexity index is 1050. The Kier molecular flexibility index (Phi) is 4.68. The van der Waals surface area contributed by atoms with Gasteiger partial charge in [-0.1, -0.05) is 28.4 Å². The van der Waals surface area contributed by atoms with E-state index in [4.69, 9.17) is 27.7 Å². The molecule has 9 heteroatoms. The van der Waals surface area contributed by atoms with Crippen LogP contribution in [0.4, 0.5) is 5.69 Å². The average molecular weight is 393 g/mol. The van der Waals surface area contributed by atoms with E-state index >= 15 is 0 Å². The highest BCUT2D eigenvalue weighted by atomic mass is 35.5. The second kappa shape index (κ2) is 6.66. The molecule has 0 fully saturated rings. The number of nitrogens with zero attached hydrogens (tertiary/aromatic N) is 4. The van der Waals surface area contributed by atoms with Crippen LogP contribution >= 0.6 is 23.2 Å². The van der Waals surface area contributed by atoms with Gasteiger partial charge in [-0.05, 0) is 44.9 Å². The SMILES string of the molecule is Cc1cc(-c2nc(-c3c(Cl)nc(C)c(Cl)c3C)no2)cc([N+](=O)[O-])c1C. The number of aryl methyl sites for hydroxylation is 2. The Morgan fingerprint density at radius 3 is 2.42 bits per heavy atom. The van der Waals surface area contributed by atoms with Crippen molar-refractivity contribution < 1.29 is 9.45 Å². The third-order valence-corrected chi connectivity index (χ3v) is 5.06. The van der Waals surface area contributed by atoms with E-state index in [2.05, 4.69) is 15.1 Å². The number of rotatable bonds is 3. The highest BCUT2D eigenvalue weighted by Crippen LogP contribution is 2.35. The van der Waals surface area contributed by atoms with Crippen LogP contribution in [0.1, 0.15) is 22.4 Å². The van der Waals surface area contributed by atoms with Gasteiger partial charge in [-0.2, -0.15) is 4.98 Å². The summed E-state index contributed by atoms with van der Waals surface area (Å²) in [5.74, 6) is 0.371. The molecule has 0 bridgehead atoms. The molecule has 3 aromatic rings. The van der Waals surface area contributed by atoms with E-state index in [1.54, 1.807) is 33.8 Å². The zero-order valence-electron chi connectivity index (χ0n) is 14.4. The number of halogens is 2. The van der Waals surface area contributed by atoms with Crippen LogP contribution in [-0.4, -0.2) is 20.0 Å². The highest BCUT2D eigenvalue weighted by Gasteiger charge is 2.22. The molecule has 7 nitrogen and oxygen atoms in total. The van der Waals surface area contributed by atoms with Crippen molar-refractivity contribution >= 4 is 28.9 Å². The molecule has 0 amide bonds. The van der Waals surface area contributed by atoms with Crippen LogP contribution in [0.15, 0.2) is 16.7 Å². The van der Waals surface area contributed by atoms with E-state index in [9.17, 15) is 10.1 Å². The van der Waals surface area contributed by atoms with Crippen molar-refractivity contribution in [3.8, 4) is 22.8 Å². The van der Waals surface area contributed by atoms with Gasteiger partial charge < -0.3 is 4.52 Å². The van der Waals surface area contributed by atoms with E-state index < -0.39 is 4.92 Å². The molecule has 2 aromatic heterocycles. The van der Waals surface area contributed by atoms with E-state index in [-0.39, 0.29) is 22.6 Å². The monoisotopic (exact) mass is 392 g/mol. The van der Waals surface area contributed by atoms with Gasteiger partial charge in [-0.3, -0.25) is 10.1 Å². The van der Waals surface area contributed by atoms with Crippen LogP contribution in [0.5, 0.6) is 0 Å². The predicted molar refractivity (Wildman–Crippen MR) is 98.6 cm³/mol. The molecule has 0 spiro atoms. The van der Waals surface area contributed by atoms with Gasteiger partial charge in [0.25, 0.3) is 11.6 Å². The Labute approximate surface area is 159 Å². The van der Waals surface area contributed by atoms with Gasteiger partial charge in [-0.15, -0.1) is 0 Å². The molecule has 3 rings (SSSR count). The summed E-state index contributed by atoms with van der Waals surface area (Å²) in [6.45, 7) is 7.02. The summed E-state index contributed by atoms with van der Waals surface area (Å²) in [4.78, 5) is 19.3. The first-order chi connectivity index (χ1) is 12.2. The summed E-state index contributed by atoms with van der Waals surface area (Å²) in [6, 6.07) is 3.17. The lowest BCUT2D eigenvalue weighted by atomic mass is 10.0. The molecule has 0 aliphatic heterocycles. The summed E-state index contributed by atoms with van der Waals surface area (Å²) in [7, 11) is 0. The first-order valence-corrected chi connectivity index (χ1v) is 8.38. The van der Waals surface area contributed by atoms with Crippen molar-refractivity contribution in [2.75, 3.05) is 0 Å². The number of pyridine rings is 1. The van der Waals surface area contributed by atoms with Gasteiger partial charge in [-0.25, -0.2) is 4.98 Å². The molecule has 0 saturated carbocycles. The molecule has 0 unspecified atom stereocenters. The number of nitro benzene ring substituents is 1. The van der Waals surface area contributed by atoms with Crippen LogP contribution < -0.4 is 0 Å².